The predicted octanol–water partition coefficient (Wildman–Crippen LogP) is 3.37. The first-order valence-electron chi connectivity index (χ1n) is 7.28. The monoisotopic (exact) mass is 275 g/mol. The van der Waals surface area contributed by atoms with E-state index in [4.69, 9.17) is 4.42 Å². The van der Waals surface area contributed by atoms with Crippen molar-refractivity contribution >= 4 is 11.1 Å². The van der Waals surface area contributed by atoms with Gasteiger partial charge in [0.1, 0.15) is 0 Å². The second kappa shape index (κ2) is 4.77. The summed E-state index contributed by atoms with van der Waals surface area (Å²) >= 11 is 0. The molecule has 4 nitrogen and oxygen atoms in total. The molecule has 0 spiro atoms. The molecule has 1 aliphatic carbocycles. The van der Waals surface area contributed by atoms with Gasteiger partial charge in [0.15, 0.2) is 5.58 Å². The van der Waals surface area contributed by atoms with Crippen LogP contribution in [0.15, 0.2) is 27.4 Å². The Kier molecular flexibility index (Phi) is 3.21. The fraction of sp³-hybridized carbons (Fsp3) is 0.562. The zero-order chi connectivity index (χ0) is 14.3. The quantitative estimate of drug-likeness (QED) is 0.883. The van der Waals surface area contributed by atoms with Crippen LogP contribution in [-0.4, -0.2) is 10.1 Å². The van der Waals surface area contributed by atoms with Crippen LogP contribution in [-0.2, 0) is 0 Å². The highest BCUT2D eigenvalue weighted by molar-refractivity contribution is 5.72. The molecule has 3 rings (SSSR count). The lowest BCUT2D eigenvalue weighted by molar-refractivity contribution is 0.00389. The Morgan fingerprint density at radius 3 is 2.95 bits per heavy atom. The molecule has 0 aliphatic heterocycles. The molecule has 0 amide bonds. The molecule has 2 aromatic rings. The summed E-state index contributed by atoms with van der Waals surface area (Å²) in [6, 6.07) is 5.46. The van der Waals surface area contributed by atoms with Crippen LogP contribution >= 0.6 is 0 Å². The molecule has 1 heterocycles. The van der Waals surface area contributed by atoms with E-state index in [1.165, 1.54) is 12.8 Å². The third-order valence-electron chi connectivity index (χ3n) is 4.76. The molecule has 0 saturated heterocycles. The predicted molar refractivity (Wildman–Crippen MR) is 77.5 cm³/mol. The Labute approximate surface area is 117 Å². The van der Waals surface area contributed by atoms with E-state index in [1.807, 2.05) is 6.07 Å². The molecule has 1 fully saturated rings. The van der Waals surface area contributed by atoms with Gasteiger partial charge in [0.2, 0.25) is 0 Å². The third kappa shape index (κ3) is 2.29. The summed E-state index contributed by atoms with van der Waals surface area (Å²) in [6.07, 6.45) is 4.10. The second-order valence-electron chi connectivity index (χ2n) is 6.56. The Balaban J connectivity index is 1.94. The summed E-state index contributed by atoms with van der Waals surface area (Å²) in [5.74, 6) is -0.205. The van der Waals surface area contributed by atoms with Gasteiger partial charge in [0, 0.05) is 0 Å². The number of aromatic nitrogens is 1. The van der Waals surface area contributed by atoms with E-state index in [1.54, 1.807) is 12.1 Å². The average molecular weight is 275 g/mol. The first-order chi connectivity index (χ1) is 9.47. The highest BCUT2D eigenvalue weighted by Gasteiger charge is 2.37. The van der Waals surface area contributed by atoms with Gasteiger partial charge in [-0.05, 0) is 41.9 Å². The number of aliphatic hydroxyl groups excluding tert-OH is 1. The lowest BCUT2D eigenvalue weighted by Crippen LogP contribution is -2.32. The number of fused-ring (bicyclic) bond motifs is 1. The number of hydrogen-bond donors (Lipinski definition) is 2. The molecule has 1 aromatic heterocycles. The van der Waals surface area contributed by atoms with Crippen LogP contribution in [0.4, 0.5) is 0 Å². The molecule has 20 heavy (non-hydrogen) atoms. The zero-order valence-corrected chi connectivity index (χ0v) is 12.0. The molecule has 1 aromatic carbocycles. The van der Waals surface area contributed by atoms with Crippen molar-refractivity contribution in [1.82, 2.24) is 4.98 Å². The fourth-order valence-electron chi connectivity index (χ4n) is 3.48. The number of nitrogens with one attached hydrogen (secondary N) is 1. The molecule has 1 aliphatic rings. The minimum Gasteiger partial charge on any atom is -0.408 e. The summed E-state index contributed by atoms with van der Waals surface area (Å²) in [4.78, 5) is 13.8. The van der Waals surface area contributed by atoms with Crippen LogP contribution in [0.5, 0.6) is 0 Å². The zero-order valence-electron chi connectivity index (χ0n) is 12.0. The second-order valence-corrected chi connectivity index (χ2v) is 6.56. The van der Waals surface area contributed by atoms with E-state index in [2.05, 4.69) is 18.8 Å². The molecule has 0 radical (unpaired) electrons. The molecule has 0 bridgehead atoms. The van der Waals surface area contributed by atoms with Gasteiger partial charge in [-0.2, -0.15) is 0 Å². The van der Waals surface area contributed by atoms with Crippen LogP contribution in [0, 0.1) is 11.3 Å². The summed E-state index contributed by atoms with van der Waals surface area (Å²) < 4.78 is 5.08. The summed E-state index contributed by atoms with van der Waals surface area (Å²) in [5.41, 5.74) is 2.17. The Morgan fingerprint density at radius 2 is 2.20 bits per heavy atom. The number of H-pyrrole nitrogens is 1. The molecule has 2 N–H and O–H groups in total. The van der Waals surface area contributed by atoms with Crippen molar-refractivity contribution in [2.45, 2.75) is 45.6 Å². The van der Waals surface area contributed by atoms with E-state index in [9.17, 15) is 9.90 Å². The number of hydrogen-bond acceptors (Lipinski definition) is 3. The van der Waals surface area contributed by atoms with Gasteiger partial charge < -0.3 is 9.52 Å². The topological polar surface area (TPSA) is 66.2 Å². The maximum absolute atomic E-state index is 11.2. The maximum atomic E-state index is 11.2. The van der Waals surface area contributed by atoms with E-state index < -0.39 is 11.9 Å². The molecular formula is C16H21NO3. The highest BCUT2D eigenvalue weighted by atomic mass is 16.4. The maximum Gasteiger partial charge on any atom is 0.417 e. The van der Waals surface area contributed by atoms with Gasteiger partial charge in [-0.25, -0.2) is 4.79 Å². The van der Waals surface area contributed by atoms with Crippen LogP contribution in [0.3, 0.4) is 0 Å². The van der Waals surface area contributed by atoms with Crippen LogP contribution < -0.4 is 5.76 Å². The average Bonchev–Trinajstić information content (AvgIpc) is 2.76. The highest BCUT2D eigenvalue weighted by Crippen LogP contribution is 2.46. The number of rotatable bonds is 2. The van der Waals surface area contributed by atoms with E-state index in [0.717, 1.165) is 18.4 Å². The number of benzene rings is 1. The summed E-state index contributed by atoms with van der Waals surface area (Å²) in [6.45, 7) is 4.46. The van der Waals surface area contributed by atoms with Gasteiger partial charge in [-0.3, -0.25) is 4.98 Å². The Hall–Kier alpha value is -1.55. The first-order valence-corrected chi connectivity index (χ1v) is 7.28. The standard InChI is InChI=1S/C16H21NO3/c1-16(2)8-4-3-5-11(16)14(18)10-6-7-12-13(9-10)20-15(19)17-12/h6-7,9,11,14,18H,3-5,8H2,1-2H3,(H,17,19). The molecular weight excluding hydrogens is 254 g/mol. The minimum atomic E-state index is -0.505. The third-order valence-corrected chi connectivity index (χ3v) is 4.76. The molecule has 2 unspecified atom stereocenters. The van der Waals surface area contributed by atoms with Crippen molar-refractivity contribution in [1.29, 1.82) is 0 Å². The van der Waals surface area contributed by atoms with Crippen molar-refractivity contribution in [3.05, 3.63) is 34.3 Å². The largest absolute Gasteiger partial charge is 0.417 e. The number of aromatic amines is 1. The van der Waals surface area contributed by atoms with E-state index in [-0.39, 0.29) is 11.3 Å². The normalized spacial score (nSPS) is 23.9. The van der Waals surface area contributed by atoms with Gasteiger partial charge in [0.25, 0.3) is 0 Å². The molecule has 4 heteroatoms. The lowest BCUT2D eigenvalue weighted by atomic mass is 9.65. The Bertz CT molecular complexity index is 668. The molecule has 108 valence electrons. The van der Waals surface area contributed by atoms with Crippen LogP contribution in [0.25, 0.3) is 11.1 Å². The van der Waals surface area contributed by atoms with Gasteiger partial charge in [-0.15, -0.1) is 0 Å². The fourth-order valence-corrected chi connectivity index (χ4v) is 3.48. The minimum absolute atomic E-state index is 0.144. The molecule has 2 atom stereocenters. The van der Waals surface area contributed by atoms with Gasteiger partial charge in [-0.1, -0.05) is 32.8 Å². The van der Waals surface area contributed by atoms with Gasteiger partial charge in [0.05, 0.1) is 11.6 Å². The van der Waals surface area contributed by atoms with Crippen molar-refractivity contribution in [3.8, 4) is 0 Å². The van der Waals surface area contributed by atoms with E-state index in [0.29, 0.717) is 11.1 Å². The van der Waals surface area contributed by atoms with Crippen molar-refractivity contribution < 1.29 is 9.52 Å². The summed E-state index contributed by atoms with van der Waals surface area (Å²) in [5, 5.41) is 10.7. The Morgan fingerprint density at radius 1 is 1.40 bits per heavy atom. The number of oxazole rings is 1. The van der Waals surface area contributed by atoms with Crippen molar-refractivity contribution in [2.75, 3.05) is 0 Å². The number of aliphatic hydroxyl groups is 1. The van der Waals surface area contributed by atoms with Crippen LogP contribution in [0.1, 0.15) is 51.2 Å². The van der Waals surface area contributed by atoms with Crippen LogP contribution in [0.2, 0.25) is 0 Å². The lowest BCUT2D eigenvalue weighted by Gasteiger charge is -2.41. The van der Waals surface area contributed by atoms with E-state index >= 15 is 0 Å². The van der Waals surface area contributed by atoms with Crippen molar-refractivity contribution in [3.63, 3.8) is 0 Å². The van der Waals surface area contributed by atoms with Crippen molar-refractivity contribution in [2.24, 2.45) is 11.3 Å². The SMILES string of the molecule is CC1(C)CCCCC1C(O)c1ccc2[nH]c(=O)oc2c1. The summed E-state index contributed by atoms with van der Waals surface area (Å²) in [7, 11) is 0. The molecule has 1 saturated carbocycles. The van der Waals surface area contributed by atoms with Gasteiger partial charge >= 0.3 is 5.76 Å². The smallest absolute Gasteiger partial charge is 0.408 e. The first kappa shape index (κ1) is 13.4.